The predicted molar refractivity (Wildman–Crippen MR) is 75.0 cm³/mol. The molecule has 17 heavy (non-hydrogen) atoms. The van der Waals surface area contributed by atoms with Crippen LogP contribution in [-0.2, 0) is 0 Å². The zero-order valence-electron chi connectivity index (χ0n) is 11.1. The van der Waals surface area contributed by atoms with Crippen molar-refractivity contribution in [2.75, 3.05) is 50.6 Å². The summed E-state index contributed by atoms with van der Waals surface area (Å²) in [6, 6.07) is 8.67. The maximum absolute atomic E-state index is 3.28. The van der Waals surface area contributed by atoms with Gasteiger partial charge in [-0.1, -0.05) is 12.1 Å². The van der Waals surface area contributed by atoms with Crippen LogP contribution < -0.4 is 15.1 Å². The zero-order chi connectivity index (χ0) is 12.3. The van der Waals surface area contributed by atoms with E-state index in [1.807, 2.05) is 7.05 Å². The first-order valence-corrected chi connectivity index (χ1v) is 6.38. The van der Waals surface area contributed by atoms with Gasteiger partial charge in [0.1, 0.15) is 0 Å². The Morgan fingerprint density at radius 2 is 2.12 bits per heavy atom. The molecule has 1 N–H and O–H groups in total. The number of nitrogens with zero attached hydrogens (tertiary/aromatic N) is 2. The number of para-hydroxylation sites is 2. The van der Waals surface area contributed by atoms with Crippen molar-refractivity contribution in [3.05, 3.63) is 24.3 Å². The lowest BCUT2D eigenvalue weighted by molar-refractivity contribution is 0.549. The first-order valence-electron chi connectivity index (χ1n) is 6.38. The number of rotatable bonds is 4. The lowest BCUT2D eigenvalue weighted by Crippen LogP contribution is -2.25. The normalized spacial score (nSPS) is 19.7. The zero-order valence-corrected chi connectivity index (χ0v) is 11.1. The van der Waals surface area contributed by atoms with Gasteiger partial charge in [-0.05, 0) is 38.1 Å². The van der Waals surface area contributed by atoms with Crippen molar-refractivity contribution in [3.63, 3.8) is 0 Å². The lowest BCUT2D eigenvalue weighted by atomic mass is 10.1. The second kappa shape index (κ2) is 5.41. The molecule has 1 aromatic carbocycles. The summed E-state index contributed by atoms with van der Waals surface area (Å²) in [7, 11) is 6.26. The monoisotopic (exact) mass is 233 g/mol. The van der Waals surface area contributed by atoms with E-state index in [9.17, 15) is 0 Å². The highest BCUT2D eigenvalue weighted by atomic mass is 15.2. The van der Waals surface area contributed by atoms with E-state index in [2.05, 4.69) is 53.5 Å². The lowest BCUT2D eigenvalue weighted by Gasteiger charge is -2.25. The molecule has 0 saturated carbocycles. The summed E-state index contributed by atoms with van der Waals surface area (Å²) in [6.07, 6.45) is 1.29. The minimum atomic E-state index is 0.787. The quantitative estimate of drug-likeness (QED) is 0.855. The fourth-order valence-corrected chi connectivity index (χ4v) is 2.62. The van der Waals surface area contributed by atoms with Crippen molar-refractivity contribution in [2.45, 2.75) is 6.42 Å². The molecule has 0 bridgehead atoms. The molecule has 1 aromatic rings. The van der Waals surface area contributed by atoms with Crippen LogP contribution in [0.2, 0.25) is 0 Å². The largest absolute Gasteiger partial charge is 0.376 e. The molecule has 0 aliphatic carbocycles. The summed E-state index contributed by atoms with van der Waals surface area (Å²) in [4.78, 5) is 4.71. The molecule has 0 radical (unpaired) electrons. The van der Waals surface area contributed by atoms with Gasteiger partial charge in [0.2, 0.25) is 0 Å². The molecule has 1 heterocycles. The first-order chi connectivity index (χ1) is 8.22. The van der Waals surface area contributed by atoms with Gasteiger partial charge in [-0.2, -0.15) is 0 Å². The molecule has 0 amide bonds. The summed E-state index contributed by atoms with van der Waals surface area (Å²) < 4.78 is 0. The summed E-state index contributed by atoms with van der Waals surface area (Å²) in [5, 5.41) is 3.28. The molecule has 2 rings (SSSR count). The molecular weight excluding hydrogens is 210 g/mol. The van der Waals surface area contributed by atoms with Gasteiger partial charge in [0, 0.05) is 27.2 Å². The van der Waals surface area contributed by atoms with E-state index in [4.69, 9.17) is 0 Å². The topological polar surface area (TPSA) is 18.5 Å². The third-order valence-electron chi connectivity index (χ3n) is 3.48. The van der Waals surface area contributed by atoms with Crippen molar-refractivity contribution < 1.29 is 0 Å². The standard InChI is InChI=1S/C14H23N3/c1-15-10-12-8-9-17(11-12)14-7-5-4-6-13(14)16(2)3/h4-7,12,15H,8-11H2,1-3H3. The van der Waals surface area contributed by atoms with Crippen LogP contribution in [0.3, 0.4) is 0 Å². The van der Waals surface area contributed by atoms with Crippen LogP contribution in [0.5, 0.6) is 0 Å². The highest BCUT2D eigenvalue weighted by molar-refractivity contribution is 5.71. The van der Waals surface area contributed by atoms with Gasteiger partial charge in [0.05, 0.1) is 11.4 Å². The Morgan fingerprint density at radius 1 is 1.35 bits per heavy atom. The van der Waals surface area contributed by atoms with E-state index >= 15 is 0 Å². The predicted octanol–water partition coefficient (Wildman–Crippen LogP) is 1.80. The highest BCUT2D eigenvalue weighted by Gasteiger charge is 2.23. The summed E-state index contributed by atoms with van der Waals surface area (Å²) in [5.74, 6) is 0.787. The molecule has 3 heteroatoms. The fourth-order valence-electron chi connectivity index (χ4n) is 2.62. The van der Waals surface area contributed by atoms with E-state index in [0.717, 1.165) is 12.5 Å². The minimum Gasteiger partial charge on any atom is -0.376 e. The van der Waals surface area contributed by atoms with Gasteiger partial charge in [-0.3, -0.25) is 0 Å². The molecule has 1 saturated heterocycles. The molecule has 1 fully saturated rings. The Kier molecular flexibility index (Phi) is 3.89. The van der Waals surface area contributed by atoms with Gasteiger partial charge in [-0.15, -0.1) is 0 Å². The van der Waals surface area contributed by atoms with Gasteiger partial charge in [0.25, 0.3) is 0 Å². The van der Waals surface area contributed by atoms with Crippen molar-refractivity contribution >= 4 is 11.4 Å². The first kappa shape index (κ1) is 12.2. The Hall–Kier alpha value is -1.22. The van der Waals surface area contributed by atoms with Crippen molar-refractivity contribution in [1.82, 2.24) is 5.32 Å². The molecular formula is C14H23N3. The van der Waals surface area contributed by atoms with E-state index in [1.54, 1.807) is 0 Å². The molecule has 1 unspecified atom stereocenters. The van der Waals surface area contributed by atoms with Gasteiger partial charge in [-0.25, -0.2) is 0 Å². The Balaban J connectivity index is 2.13. The molecule has 1 aliphatic rings. The third-order valence-corrected chi connectivity index (χ3v) is 3.48. The van der Waals surface area contributed by atoms with E-state index in [0.29, 0.717) is 0 Å². The number of nitrogens with one attached hydrogen (secondary N) is 1. The van der Waals surface area contributed by atoms with Crippen LogP contribution in [0, 0.1) is 5.92 Å². The number of anilines is 2. The van der Waals surface area contributed by atoms with Gasteiger partial charge < -0.3 is 15.1 Å². The molecule has 1 aliphatic heterocycles. The van der Waals surface area contributed by atoms with E-state index < -0.39 is 0 Å². The second-order valence-electron chi connectivity index (χ2n) is 5.04. The van der Waals surface area contributed by atoms with Crippen LogP contribution in [-0.4, -0.2) is 40.8 Å². The van der Waals surface area contributed by atoms with Crippen LogP contribution in [0.4, 0.5) is 11.4 Å². The average Bonchev–Trinajstić information content (AvgIpc) is 2.78. The molecule has 94 valence electrons. The molecule has 0 aromatic heterocycles. The summed E-state index contributed by atoms with van der Waals surface area (Å²) in [6.45, 7) is 3.48. The molecule has 0 spiro atoms. The highest BCUT2D eigenvalue weighted by Crippen LogP contribution is 2.31. The van der Waals surface area contributed by atoms with Gasteiger partial charge >= 0.3 is 0 Å². The average molecular weight is 233 g/mol. The minimum absolute atomic E-state index is 0.787. The Bertz CT molecular complexity index is 362. The van der Waals surface area contributed by atoms with E-state index in [-0.39, 0.29) is 0 Å². The fraction of sp³-hybridized carbons (Fsp3) is 0.571. The van der Waals surface area contributed by atoms with Crippen molar-refractivity contribution in [1.29, 1.82) is 0 Å². The van der Waals surface area contributed by atoms with E-state index in [1.165, 1.54) is 30.9 Å². The number of hydrogen-bond donors (Lipinski definition) is 1. The maximum Gasteiger partial charge on any atom is 0.0603 e. The SMILES string of the molecule is CNCC1CCN(c2ccccc2N(C)C)C1. The van der Waals surface area contributed by atoms with Gasteiger partial charge in [0.15, 0.2) is 0 Å². The van der Waals surface area contributed by atoms with Crippen LogP contribution in [0.25, 0.3) is 0 Å². The van der Waals surface area contributed by atoms with Crippen LogP contribution >= 0.6 is 0 Å². The Labute approximate surface area is 104 Å². The molecule has 3 nitrogen and oxygen atoms in total. The third kappa shape index (κ3) is 2.72. The van der Waals surface area contributed by atoms with Crippen molar-refractivity contribution in [2.24, 2.45) is 5.92 Å². The number of hydrogen-bond acceptors (Lipinski definition) is 3. The van der Waals surface area contributed by atoms with Crippen molar-refractivity contribution in [3.8, 4) is 0 Å². The molecule has 1 atom stereocenters. The summed E-state index contributed by atoms with van der Waals surface area (Å²) >= 11 is 0. The Morgan fingerprint density at radius 3 is 2.82 bits per heavy atom. The maximum atomic E-state index is 3.28. The number of benzene rings is 1. The second-order valence-corrected chi connectivity index (χ2v) is 5.04. The summed E-state index contributed by atoms with van der Waals surface area (Å²) in [5.41, 5.74) is 2.69. The van der Waals surface area contributed by atoms with Crippen LogP contribution in [0.15, 0.2) is 24.3 Å². The van der Waals surface area contributed by atoms with Crippen LogP contribution in [0.1, 0.15) is 6.42 Å². The smallest absolute Gasteiger partial charge is 0.0603 e.